The van der Waals surface area contributed by atoms with E-state index in [4.69, 9.17) is 4.74 Å². The summed E-state index contributed by atoms with van der Waals surface area (Å²) in [5.74, 6) is 0.892. The van der Waals surface area contributed by atoms with Crippen LogP contribution in [0.1, 0.15) is 11.3 Å². The summed E-state index contributed by atoms with van der Waals surface area (Å²) in [6.07, 6.45) is 9.42. The molecule has 3 heterocycles. The van der Waals surface area contributed by atoms with Crippen molar-refractivity contribution in [3.63, 3.8) is 0 Å². The first kappa shape index (κ1) is 7.92. The minimum absolute atomic E-state index is 0.221. The predicted octanol–water partition coefficient (Wildman–Crippen LogP) is 0.781. The lowest BCUT2D eigenvalue weighted by molar-refractivity contribution is 0.389. The van der Waals surface area contributed by atoms with Crippen LogP contribution < -0.4 is 10.6 Å². The molecule has 1 aromatic heterocycles. The minimum atomic E-state index is -0.221. The van der Waals surface area contributed by atoms with Gasteiger partial charge in [-0.25, -0.2) is 4.79 Å². The van der Waals surface area contributed by atoms with Crippen LogP contribution in [0.5, 0.6) is 0 Å². The smallest absolute Gasteiger partial charge is 0.353 e. The fourth-order valence-electron chi connectivity index (χ4n) is 2.05. The third-order valence-electron chi connectivity index (χ3n) is 2.88. The van der Waals surface area contributed by atoms with E-state index in [2.05, 4.69) is 4.98 Å². The third kappa shape index (κ3) is 0.850. The topological polar surface area (TPSA) is 47.4 Å². The van der Waals surface area contributed by atoms with E-state index in [9.17, 15) is 4.79 Å². The molecular formula is C11H7N3O2. The lowest BCUT2D eigenvalue weighted by atomic mass is 10.3. The Hall–Kier alpha value is -2.30. The number of fused-ring (bicyclic) bond motifs is 5. The zero-order chi connectivity index (χ0) is 10.7. The summed E-state index contributed by atoms with van der Waals surface area (Å²) in [4.78, 5) is 17.6. The monoisotopic (exact) mass is 213 g/mol. The van der Waals surface area contributed by atoms with Crippen molar-refractivity contribution in [2.45, 2.75) is 6.42 Å². The van der Waals surface area contributed by atoms with Gasteiger partial charge in [0.25, 0.3) is 0 Å². The van der Waals surface area contributed by atoms with E-state index in [1.807, 2.05) is 17.2 Å². The number of anilines is 1. The lowest BCUT2D eigenvalue weighted by Gasteiger charge is -2.28. The van der Waals surface area contributed by atoms with Gasteiger partial charge in [-0.3, -0.25) is 9.47 Å². The van der Waals surface area contributed by atoms with E-state index in [-0.39, 0.29) is 5.69 Å². The highest BCUT2D eigenvalue weighted by molar-refractivity contribution is 5.71. The predicted molar refractivity (Wildman–Crippen MR) is 57.4 cm³/mol. The molecule has 1 aliphatic carbocycles. The van der Waals surface area contributed by atoms with Crippen LogP contribution in [0, 0.1) is 0 Å². The standard InChI is InChI=1S/C11H7N3O2/c15-11-12-9-5-8(9)10-13-3-4-16-6-7(13)1-2-14(10)11/h1-4,6H,5H2. The average molecular weight is 213 g/mol. The van der Waals surface area contributed by atoms with Gasteiger partial charge in [0.2, 0.25) is 0 Å². The van der Waals surface area contributed by atoms with Crippen molar-refractivity contribution in [3.8, 4) is 0 Å². The fourth-order valence-corrected chi connectivity index (χ4v) is 2.05. The molecule has 2 aliphatic heterocycles. The molecule has 0 unspecified atom stereocenters. The Morgan fingerprint density at radius 1 is 1.38 bits per heavy atom. The maximum absolute atomic E-state index is 11.7. The highest BCUT2D eigenvalue weighted by Gasteiger charge is 2.32. The molecule has 0 saturated carbocycles. The van der Waals surface area contributed by atoms with E-state index in [0.29, 0.717) is 0 Å². The summed E-state index contributed by atoms with van der Waals surface area (Å²) < 4.78 is 6.67. The van der Waals surface area contributed by atoms with Crippen molar-refractivity contribution in [3.05, 3.63) is 52.2 Å². The van der Waals surface area contributed by atoms with Gasteiger partial charge in [-0.1, -0.05) is 0 Å². The number of allylic oxidation sites excluding steroid dienone is 1. The van der Waals surface area contributed by atoms with Crippen molar-refractivity contribution >= 4 is 12.0 Å². The Bertz CT molecular complexity index is 652. The van der Waals surface area contributed by atoms with Gasteiger partial charge in [-0.05, 0) is 6.08 Å². The molecule has 0 aromatic carbocycles. The van der Waals surface area contributed by atoms with Crippen molar-refractivity contribution in [2.75, 3.05) is 4.90 Å². The van der Waals surface area contributed by atoms with Crippen LogP contribution in [0.3, 0.4) is 0 Å². The number of aromatic nitrogens is 2. The normalized spacial score (nSPS) is 18.2. The first-order valence-electron chi connectivity index (χ1n) is 4.98. The van der Waals surface area contributed by atoms with Crippen LogP contribution >= 0.6 is 0 Å². The Balaban J connectivity index is 2.06. The SMILES string of the molecule is O=c1nc2c(c3n1C=CC1=COC=CN13)C2. The second-order valence-corrected chi connectivity index (χ2v) is 3.84. The zero-order valence-electron chi connectivity index (χ0n) is 8.25. The molecule has 4 rings (SSSR count). The fraction of sp³-hybridized carbons (Fsp3) is 0.0909. The molecule has 3 aliphatic rings. The summed E-state index contributed by atoms with van der Waals surface area (Å²) in [6.45, 7) is 0. The Morgan fingerprint density at radius 2 is 2.31 bits per heavy atom. The summed E-state index contributed by atoms with van der Waals surface area (Å²) in [7, 11) is 0. The molecule has 0 saturated heterocycles. The molecule has 0 radical (unpaired) electrons. The second kappa shape index (κ2) is 2.44. The highest BCUT2D eigenvalue weighted by Crippen LogP contribution is 2.38. The van der Waals surface area contributed by atoms with Crippen molar-refractivity contribution < 1.29 is 4.74 Å². The maximum atomic E-state index is 11.7. The maximum Gasteiger partial charge on any atom is 0.353 e. The van der Waals surface area contributed by atoms with Crippen LogP contribution in [0.15, 0.2) is 35.3 Å². The molecule has 16 heavy (non-hydrogen) atoms. The van der Waals surface area contributed by atoms with E-state index < -0.39 is 0 Å². The molecule has 5 nitrogen and oxygen atoms in total. The first-order chi connectivity index (χ1) is 7.84. The van der Waals surface area contributed by atoms with E-state index in [1.54, 1.807) is 23.3 Å². The quantitative estimate of drug-likeness (QED) is 0.648. The largest absolute Gasteiger partial charge is 0.469 e. The molecule has 0 fully saturated rings. The summed E-state index contributed by atoms with van der Waals surface area (Å²) in [6, 6.07) is 0. The second-order valence-electron chi connectivity index (χ2n) is 3.84. The highest BCUT2D eigenvalue weighted by atomic mass is 16.5. The Morgan fingerprint density at radius 3 is 3.25 bits per heavy atom. The summed E-state index contributed by atoms with van der Waals surface area (Å²) >= 11 is 0. The average Bonchev–Trinajstić information content (AvgIpc) is 3.07. The molecule has 0 N–H and O–H groups in total. The first-order valence-corrected chi connectivity index (χ1v) is 4.98. The van der Waals surface area contributed by atoms with Crippen LogP contribution in [0.25, 0.3) is 6.20 Å². The number of hydrogen-bond donors (Lipinski definition) is 0. The van der Waals surface area contributed by atoms with Crippen molar-refractivity contribution in [1.29, 1.82) is 0 Å². The van der Waals surface area contributed by atoms with Gasteiger partial charge >= 0.3 is 5.69 Å². The van der Waals surface area contributed by atoms with Gasteiger partial charge < -0.3 is 4.74 Å². The molecular weight excluding hydrogens is 206 g/mol. The Kier molecular flexibility index (Phi) is 1.21. The van der Waals surface area contributed by atoms with Crippen LogP contribution in [0.4, 0.5) is 5.82 Å². The summed E-state index contributed by atoms with van der Waals surface area (Å²) in [5.41, 5.74) is 2.75. The third-order valence-corrected chi connectivity index (χ3v) is 2.88. The van der Waals surface area contributed by atoms with Crippen LogP contribution in [-0.2, 0) is 11.2 Å². The van der Waals surface area contributed by atoms with Gasteiger partial charge in [-0.15, -0.1) is 0 Å². The van der Waals surface area contributed by atoms with Gasteiger partial charge in [-0.2, -0.15) is 4.98 Å². The molecule has 0 bridgehead atoms. The van der Waals surface area contributed by atoms with E-state index >= 15 is 0 Å². The number of hydrogen-bond acceptors (Lipinski definition) is 4. The lowest BCUT2D eigenvalue weighted by Crippen LogP contribution is -2.30. The number of nitrogens with zero attached hydrogens (tertiary/aromatic N) is 3. The number of ether oxygens (including phenoxy) is 1. The zero-order valence-corrected chi connectivity index (χ0v) is 8.25. The van der Waals surface area contributed by atoms with Crippen LogP contribution in [0.2, 0.25) is 0 Å². The Labute approximate surface area is 90.6 Å². The van der Waals surface area contributed by atoms with Crippen LogP contribution in [-0.4, -0.2) is 9.55 Å². The molecule has 1 aromatic rings. The van der Waals surface area contributed by atoms with E-state index in [0.717, 1.165) is 29.2 Å². The van der Waals surface area contributed by atoms with Gasteiger partial charge in [0, 0.05) is 24.4 Å². The summed E-state index contributed by atoms with van der Waals surface area (Å²) in [5, 5.41) is 0. The molecule has 78 valence electrons. The number of rotatable bonds is 0. The van der Waals surface area contributed by atoms with Gasteiger partial charge in [0.1, 0.15) is 18.3 Å². The molecule has 5 heteroatoms. The van der Waals surface area contributed by atoms with E-state index in [1.165, 1.54) is 0 Å². The van der Waals surface area contributed by atoms with Gasteiger partial charge in [0.05, 0.1) is 11.4 Å². The molecule has 0 spiro atoms. The van der Waals surface area contributed by atoms with Crippen molar-refractivity contribution in [1.82, 2.24) is 9.55 Å². The minimum Gasteiger partial charge on any atom is -0.469 e. The molecule has 0 amide bonds. The molecule has 0 atom stereocenters. The van der Waals surface area contributed by atoms with Gasteiger partial charge in [0.15, 0.2) is 0 Å². The van der Waals surface area contributed by atoms with Crippen molar-refractivity contribution in [2.24, 2.45) is 0 Å².